The second kappa shape index (κ2) is 17.7. The zero-order valence-electron chi connectivity index (χ0n) is 38.2. The molecular weight excluding hydrogens is 745 g/mol. The number of benzene rings is 2. The van der Waals surface area contributed by atoms with Gasteiger partial charge in [0.2, 0.25) is 0 Å². The van der Waals surface area contributed by atoms with Gasteiger partial charge < -0.3 is 9.84 Å². The van der Waals surface area contributed by atoms with Gasteiger partial charge in [0, 0.05) is 42.4 Å². The molecule has 60 heavy (non-hydrogen) atoms. The van der Waals surface area contributed by atoms with E-state index >= 15 is 4.79 Å². The van der Waals surface area contributed by atoms with E-state index in [1.807, 2.05) is 0 Å². The maximum absolute atomic E-state index is 15.1. The second-order valence-corrected chi connectivity index (χ2v) is 21.8. The third kappa shape index (κ3) is 10.2. The first kappa shape index (κ1) is 45.5. The zero-order chi connectivity index (χ0) is 43.9. The molecule has 0 amide bonds. The lowest BCUT2D eigenvalue weighted by molar-refractivity contribution is -0.147. The average molecular weight is 817 g/mol. The van der Waals surface area contributed by atoms with E-state index in [0.717, 1.165) is 45.9 Å². The number of carboxylic acids is 1. The van der Waals surface area contributed by atoms with Crippen LogP contribution in [0, 0.1) is 52.8 Å². The Labute approximate surface area is 360 Å². The van der Waals surface area contributed by atoms with Crippen molar-refractivity contribution in [3.63, 3.8) is 0 Å². The van der Waals surface area contributed by atoms with Crippen LogP contribution in [0.2, 0.25) is 0 Å². The van der Waals surface area contributed by atoms with Crippen LogP contribution in [0.15, 0.2) is 66.8 Å². The van der Waals surface area contributed by atoms with Crippen LogP contribution in [0.25, 0.3) is 16.3 Å². The number of rotatable bonds is 18. The van der Waals surface area contributed by atoms with Gasteiger partial charge in [0.15, 0.2) is 0 Å². The number of ether oxygens (including phenoxy) is 1. The summed E-state index contributed by atoms with van der Waals surface area (Å²) >= 11 is 0. The van der Waals surface area contributed by atoms with Crippen molar-refractivity contribution in [2.24, 2.45) is 45.8 Å². The number of carbonyl (C=O) groups is 4. The molecule has 0 aromatic heterocycles. The van der Waals surface area contributed by atoms with Crippen LogP contribution in [0.3, 0.4) is 0 Å². The molecule has 0 radical (unpaired) electrons. The molecule has 2 aromatic rings. The zero-order valence-corrected chi connectivity index (χ0v) is 38.2. The Bertz CT molecular complexity index is 2090. The van der Waals surface area contributed by atoms with Crippen LogP contribution in [0.4, 0.5) is 0 Å². The normalized spacial score (nSPS) is 25.0. The van der Waals surface area contributed by atoms with Crippen LogP contribution >= 0.6 is 0 Å². The molecule has 6 unspecified atom stereocenters. The molecule has 6 heteroatoms. The van der Waals surface area contributed by atoms with E-state index in [1.54, 1.807) is 6.08 Å². The van der Waals surface area contributed by atoms with Gasteiger partial charge in [0.1, 0.15) is 29.2 Å². The van der Waals surface area contributed by atoms with Gasteiger partial charge in [0.25, 0.3) is 0 Å². The van der Waals surface area contributed by atoms with E-state index in [9.17, 15) is 19.5 Å². The van der Waals surface area contributed by atoms with Crippen molar-refractivity contribution in [3.05, 3.63) is 83.5 Å². The van der Waals surface area contributed by atoms with E-state index in [-0.39, 0.29) is 46.4 Å². The first-order chi connectivity index (χ1) is 28.1. The summed E-state index contributed by atoms with van der Waals surface area (Å²) in [6.45, 7) is 27.5. The predicted octanol–water partition coefficient (Wildman–Crippen LogP) is 13.1. The van der Waals surface area contributed by atoms with Gasteiger partial charge in [-0.05, 0) is 114 Å². The number of aliphatic carboxylic acids is 1. The monoisotopic (exact) mass is 817 g/mol. The molecule has 0 aliphatic heterocycles. The maximum Gasteiger partial charge on any atom is 0.310 e. The van der Waals surface area contributed by atoms with Gasteiger partial charge >= 0.3 is 5.97 Å². The molecule has 0 saturated heterocycles. The largest absolute Gasteiger partial charge is 0.490 e. The summed E-state index contributed by atoms with van der Waals surface area (Å²) in [6, 6.07) is 8.65. The smallest absolute Gasteiger partial charge is 0.310 e. The SMILES string of the molecule is C=CC1CC1(CC(=O)C1CC(Oc2cc(C3=CCC(CC(=O)CC(C)(C)C)=C3)cc3c(C)c(C(C)C)ccc23)CC1C(=O)C(CC(=C)CC1CCCC1)C(C)(C)C)C(=O)O. The number of hydrogen-bond donors (Lipinski definition) is 1. The molecule has 324 valence electrons. The van der Waals surface area contributed by atoms with Crippen molar-refractivity contribution < 1.29 is 29.0 Å². The van der Waals surface area contributed by atoms with Gasteiger partial charge in [0.05, 0.1) is 5.41 Å². The highest BCUT2D eigenvalue weighted by atomic mass is 16.5. The average Bonchev–Trinajstić information content (AvgIpc) is 3.56. The van der Waals surface area contributed by atoms with Crippen molar-refractivity contribution in [2.45, 2.75) is 158 Å². The summed E-state index contributed by atoms with van der Waals surface area (Å²) in [5.41, 5.74) is 5.18. The Morgan fingerprint density at radius 1 is 0.983 bits per heavy atom. The van der Waals surface area contributed by atoms with Crippen LogP contribution in [-0.2, 0) is 19.2 Å². The topological polar surface area (TPSA) is 97.7 Å². The van der Waals surface area contributed by atoms with Gasteiger partial charge in [-0.15, -0.1) is 6.58 Å². The Morgan fingerprint density at radius 2 is 1.67 bits per heavy atom. The Kier molecular flexibility index (Phi) is 13.4. The molecule has 4 aliphatic rings. The highest BCUT2D eigenvalue weighted by Crippen LogP contribution is 2.57. The van der Waals surface area contributed by atoms with Crippen LogP contribution in [-0.4, -0.2) is 34.5 Å². The van der Waals surface area contributed by atoms with Gasteiger partial charge in [-0.3, -0.25) is 19.2 Å². The molecule has 3 fully saturated rings. The minimum Gasteiger partial charge on any atom is -0.490 e. The summed E-state index contributed by atoms with van der Waals surface area (Å²) in [5, 5.41) is 12.4. The van der Waals surface area contributed by atoms with Crippen molar-refractivity contribution in [1.29, 1.82) is 0 Å². The fraction of sp³-hybridized carbons (Fsp3) is 0.593. The molecule has 3 saturated carbocycles. The lowest BCUT2D eigenvalue weighted by atomic mass is 9.69. The van der Waals surface area contributed by atoms with Gasteiger partial charge in [-0.25, -0.2) is 0 Å². The highest BCUT2D eigenvalue weighted by Gasteiger charge is 2.61. The van der Waals surface area contributed by atoms with E-state index in [2.05, 4.69) is 112 Å². The Balaban J connectivity index is 1.34. The maximum atomic E-state index is 15.1. The van der Waals surface area contributed by atoms with E-state index in [1.165, 1.54) is 36.8 Å². The molecule has 1 N–H and O–H groups in total. The first-order valence-corrected chi connectivity index (χ1v) is 22.8. The molecule has 6 nitrogen and oxygen atoms in total. The minimum atomic E-state index is -1.15. The van der Waals surface area contributed by atoms with E-state index in [4.69, 9.17) is 4.74 Å². The molecule has 4 aliphatic carbocycles. The summed E-state index contributed by atoms with van der Waals surface area (Å²) < 4.78 is 7.07. The van der Waals surface area contributed by atoms with E-state index in [0.29, 0.717) is 56.1 Å². The Hall–Kier alpha value is -4.06. The van der Waals surface area contributed by atoms with E-state index < -0.39 is 29.3 Å². The number of ketones is 3. The fourth-order valence-electron chi connectivity index (χ4n) is 10.9. The lowest BCUT2D eigenvalue weighted by Crippen LogP contribution is -2.37. The second-order valence-electron chi connectivity index (χ2n) is 21.8. The standard InChI is InChI=1S/C54H72O6/c1-12-39-29-54(39,51(58)59)31-48(56)45-27-41(28-46(45)50(57)47(53(9,10)11)22-33(4)21-35-15-13-14-16-35)60-49-26-38(25-44-34(5)42(32(2)3)19-20-43(44)49)37-18-17-36(23-37)24-40(55)30-52(6,7)8/h12,18-20,23,25-26,32,35,39,41,45-47H,1,4,13-17,21-22,24,27-31H2,2-3,5-11H3,(H,58,59). The summed E-state index contributed by atoms with van der Waals surface area (Å²) in [4.78, 5) is 55.1. The number of fused-ring (bicyclic) bond motifs is 1. The Morgan fingerprint density at radius 3 is 2.27 bits per heavy atom. The molecular formula is C54H72O6. The predicted molar refractivity (Wildman–Crippen MR) is 244 cm³/mol. The fourth-order valence-corrected chi connectivity index (χ4v) is 10.9. The number of aryl methyl sites for hydroxylation is 1. The van der Waals surface area contributed by atoms with Crippen LogP contribution < -0.4 is 4.74 Å². The lowest BCUT2D eigenvalue weighted by Gasteiger charge is -2.34. The number of carbonyl (C=O) groups excluding carboxylic acids is 3. The molecule has 6 rings (SSSR count). The number of Topliss-reactive ketones (excluding diaryl/α,β-unsaturated/α-hetero) is 3. The van der Waals surface area contributed by atoms with Crippen LogP contribution in [0.5, 0.6) is 5.75 Å². The molecule has 6 atom stereocenters. The highest BCUT2D eigenvalue weighted by molar-refractivity contribution is 5.97. The summed E-state index contributed by atoms with van der Waals surface area (Å²) in [5.74, 6) is -0.954. The van der Waals surface area contributed by atoms with Crippen molar-refractivity contribution in [3.8, 4) is 5.75 Å². The summed E-state index contributed by atoms with van der Waals surface area (Å²) in [6.07, 6.45) is 14.8. The first-order valence-electron chi connectivity index (χ1n) is 22.8. The molecule has 0 bridgehead atoms. The summed E-state index contributed by atoms with van der Waals surface area (Å²) in [7, 11) is 0. The molecule has 0 spiro atoms. The van der Waals surface area contributed by atoms with Crippen LogP contribution in [0.1, 0.15) is 161 Å². The van der Waals surface area contributed by atoms with Crippen molar-refractivity contribution in [1.82, 2.24) is 0 Å². The number of hydrogen-bond acceptors (Lipinski definition) is 5. The van der Waals surface area contributed by atoms with Crippen molar-refractivity contribution >= 4 is 39.7 Å². The van der Waals surface area contributed by atoms with Gasteiger partial charge in [-0.2, -0.15) is 0 Å². The molecule has 0 heterocycles. The third-order valence-electron chi connectivity index (χ3n) is 14.3. The minimum absolute atomic E-state index is 0.0585. The van der Waals surface area contributed by atoms with Gasteiger partial charge in [-0.1, -0.05) is 129 Å². The van der Waals surface area contributed by atoms with Crippen molar-refractivity contribution in [2.75, 3.05) is 0 Å². The number of carboxylic acid groups (broad SMARTS) is 1. The number of allylic oxidation sites excluding steroid dienone is 6. The third-order valence-corrected chi connectivity index (χ3v) is 14.3. The molecule has 2 aromatic carbocycles. The quantitative estimate of drug-likeness (QED) is 0.150.